The number of thiocarbonyl (C=S) groups is 1. The van der Waals surface area contributed by atoms with Gasteiger partial charge in [0.05, 0.1) is 9.80 Å². The Morgan fingerprint density at radius 3 is 2.14 bits per heavy atom. The number of amides is 2. The van der Waals surface area contributed by atoms with Gasteiger partial charge in [-0.1, -0.05) is 108 Å². The molecule has 0 bridgehead atoms. The van der Waals surface area contributed by atoms with E-state index in [2.05, 4.69) is 4.72 Å². The molecule has 1 aliphatic rings. The van der Waals surface area contributed by atoms with E-state index in [1.54, 1.807) is 54.6 Å². The van der Waals surface area contributed by atoms with Gasteiger partial charge in [-0.25, -0.2) is 13.1 Å². The number of thioether (sulfide) groups is 1. The average molecular weight is 615 g/mol. The van der Waals surface area contributed by atoms with Crippen LogP contribution in [0, 0.1) is 6.92 Å². The molecule has 0 saturated carbocycles. The van der Waals surface area contributed by atoms with Gasteiger partial charge in [-0.3, -0.25) is 14.5 Å². The highest BCUT2D eigenvalue weighted by atomic mass is 32.2. The first kappa shape index (κ1) is 29.2. The minimum absolute atomic E-state index is 0.0547. The number of sulfonamides is 1. The van der Waals surface area contributed by atoms with E-state index >= 15 is 0 Å². The third kappa shape index (κ3) is 6.62. The van der Waals surface area contributed by atoms with Crippen LogP contribution in [0.4, 0.5) is 0 Å². The zero-order chi connectivity index (χ0) is 29.9. The summed E-state index contributed by atoms with van der Waals surface area (Å²) in [5.74, 6) is -1.14. The molecule has 0 aliphatic carbocycles. The van der Waals surface area contributed by atoms with E-state index in [4.69, 9.17) is 12.2 Å². The van der Waals surface area contributed by atoms with Crippen LogP contribution in [0.25, 0.3) is 17.2 Å². The van der Waals surface area contributed by atoms with Crippen LogP contribution in [0.2, 0.25) is 0 Å². The van der Waals surface area contributed by atoms with Crippen molar-refractivity contribution in [1.29, 1.82) is 0 Å². The number of hydrogen-bond donors (Lipinski definition) is 2. The second kappa shape index (κ2) is 12.3. The van der Waals surface area contributed by atoms with Crippen LogP contribution in [0.3, 0.4) is 0 Å². The van der Waals surface area contributed by atoms with Crippen LogP contribution in [0.5, 0.6) is 5.75 Å². The summed E-state index contributed by atoms with van der Waals surface area (Å²) in [5.41, 5.74) is 4.24. The van der Waals surface area contributed by atoms with Crippen molar-refractivity contribution in [2.75, 3.05) is 0 Å². The van der Waals surface area contributed by atoms with Crippen LogP contribution in [0.15, 0.2) is 113 Å². The van der Waals surface area contributed by atoms with Gasteiger partial charge in [0.25, 0.3) is 21.8 Å². The van der Waals surface area contributed by atoms with Crippen LogP contribution >= 0.6 is 24.0 Å². The Balaban J connectivity index is 1.41. The maximum atomic E-state index is 13.6. The van der Waals surface area contributed by atoms with E-state index in [1.807, 2.05) is 49.4 Å². The smallest absolute Gasteiger partial charge is 0.266 e. The van der Waals surface area contributed by atoms with Crippen LogP contribution in [0.1, 0.15) is 16.7 Å². The Morgan fingerprint density at radius 2 is 1.52 bits per heavy atom. The van der Waals surface area contributed by atoms with Gasteiger partial charge in [-0.05, 0) is 59.5 Å². The van der Waals surface area contributed by atoms with Gasteiger partial charge >= 0.3 is 0 Å². The van der Waals surface area contributed by atoms with Gasteiger partial charge in [0.2, 0.25) is 0 Å². The van der Waals surface area contributed by atoms with Crippen LogP contribution in [-0.2, 0) is 26.0 Å². The molecular weight excluding hydrogens is 589 g/mol. The number of phenolic OH excluding ortho intramolecular Hbond substituents is 1. The molecule has 7 nitrogen and oxygen atoms in total. The van der Waals surface area contributed by atoms with Crippen LogP contribution in [-0.4, -0.2) is 40.6 Å². The van der Waals surface area contributed by atoms with Gasteiger partial charge in [0.1, 0.15) is 16.1 Å². The van der Waals surface area contributed by atoms with E-state index in [0.717, 1.165) is 39.6 Å². The Hall–Kier alpha value is -4.25. The highest BCUT2D eigenvalue weighted by Gasteiger charge is 2.41. The molecule has 1 atom stereocenters. The Kier molecular flexibility index (Phi) is 8.58. The predicted molar refractivity (Wildman–Crippen MR) is 169 cm³/mol. The summed E-state index contributed by atoms with van der Waals surface area (Å²) >= 11 is 6.61. The van der Waals surface area contributed by atoms with Crippen molar-refractivity contribution in [3.63, 3.8) is 0 Å². The van der Waals surface area contributed by atoms with Gasteiger partial charge in [0.15, 0.2) is 0 Å². The summed E-state index contributed by atoms with van der Waals surface area (Å²) in [5, 5.41) is 9.54. The van der Waals surface area contributed by atoms with Crippen molar-refractivity contribution < 1.29 is 23.1 Å². The molecule has 0 radical (unpaired) electrons. The number of benzene rings is 4. The fourth-order valence-corrected chi connectivity index (χ4v) is 6.81. The zero-order valence-corrected chi connectivity index (χ0v) is 24.9. The van der Waals surface area contributed by atoms with Crippen molar-refractivity contribution in [2.24, 2.45) is 0 Å². The summed E-state index contributed by atoms with van der Waals surface area (Å²) in [6.07, 6.45) is 1.76. The number of nitrogens with one attached hydrogen (secondary N) is 1. The summed E-state index contributed by atoms with van der Waals surface area (Å²) in [6, 6.07) is 28.4. The summed E-state index contributed by atoms with van der Waals surface area (Å²) in [4.78, 5) is 28.7. The monoisotopic (exact) mass is 614 g/mol. The summed E-state index contributed by atoms with van der Waals surface area (Å²) < 4.78 is 28.4. The Labute approximate surface area is 253 Å². The molecule has 10 heteroatoms. The van der Waals surface area contributed by atoms with Crippen molar-refractivity contribution >= 4 is 56.2 Å². The van der Waals surface area contributed by atoms with Gasteiger partial charge in [0, 0.05) is 6.42 Å². The number of carbonyl (C=O) groups is 2. The second-order valence-electron chi connectivity index (χ2n) is 9.71. The number of rotatable bonds is 8. The molecule has 4 aromatic carbocycles. The first-order chi connectivity index (χ1) is 20.1. The Morgan fingerprint density at radius 1 is 0.929 bits per heavy atom. The van der Waals surface area contributed by atoms with Gasteiger partial charge in [-0.15, -0.1) is 0 Å². The van der Waals surface area contributed by atoms with Crippen molar-refractivity contribution in [1.82, 2.24) is 9.62 Å². The van der Waals surface area contributed by atoms with Gasteiger partial charge in [-0.2, -0.15) is 0 Å². The molecule has 42 heavy (non-hydrogen) atoms. The molecule has 2 N–H and O–H groups in total. The molecule has 212 valence electrons. The maximum Gasteiger partial charge on any atom is 0.266 e. The number of hydrogen-bond acceptors (Lipinski definition) is 7. The molecule has 1 fully saturated rings. The first-order valence-electron chi connectivity index (χ1n) is 12.9. The lowest BCUT2D eigenvalue weighted by molar-refractivity contribution is -0.131. The van der Waals surface area contributed by atoms with Crippen molar-refractivity contribution in [3.05, 3.63) is 125 Å². The molecule has 0 spiro atoms. The second-order valence-corrected chi connectivity index (χ2v) is 13.1. The third-order valence-electron chi connectivity index (χ3n) is 6.69. The minimum atomic E-state index is -4.19. The average Bonchev–Trinajstić information content (AvgIpc) is 3.25. The van der Waals surface area contributed by atoms with E-state index in [-0.39, 0.29) is 21.4 Å². The summed E-state index contributed by atoms with van der Waals surface area (Å²) in [6.45, 7) is 1.83. The molecule has 5 rings (SSSR count). The fourth-order valence-electron chi connectivity index (χ4n) is 4.44. The number of nitrogens with zero attached hydrogens (tertiary/aromatic N) is 1. The highest BCUT2D eigenvalue weighted by molar-refractivity contribution is 8.26. The predicted octanol–water partition coefficient (Wildman–Crippen LogP) is 5.69. The first-order valence-corrected chi connectivity index (χ1v) is 15.7. The quantitative estimate of drug-likeness (QED) is 0.194. The molecule has 2 amide bonds. The van der Waals surface area contributed by atoms with Crippen molar-refractivity contribution in [3.8, 4) is 16.9 Å². The van der Waals surface area contributed by atoms with E-state index < -0.39 is 27.9 Å². The fraction of sp³-hybridized carbons (Fsp3) is 0.0938. The van der Waals surface area contributed by atoms with E-state index in [9.17, 15) is 23.1 Å². The van der Waals surface area contributed by atoms with Crippen molar-refractivity contribution in [2.45, 2.75) is 24.3 Å². The lowest BCUT2D eigenvalue weighted by Gasteiger charge is -2.26. The summed E-state index contributed by atoms with van der Waals surface area (Å²) in [7, 11) is -4.19. The maximum absolute atomic E-state index is 13.6. The Bertz CT molecular complexity index is 1770. The third-order valence-corrected chi connectivity index (χ3v) is 9.38. The lowest BCUT2D eigenvalue weighted by atomic mass is 10.0. The SMILES string of the molecule is Cc1ccc(S(=O)(=O)NC(=O)C(Cc2ccccc2)N2C(=O)/C(=C/c3ccc(-c4ccc(O)cc4)cc3)SC2=S)cc1. The molecular formula is C32H26N2O5S3. The number of aromatic hydroxyl groups is 1. The molecule has 1 saturated heterocycles. The van der Waals surface area contributed by atoms with Crippen LogP contribution < -0.4 is 4.72 Å². The lowest BCUT2D eigenvalue weighted by Crippen LogP contribution is -2.51. The van der Waals surface area contributed by atoms with Gasteiger partial charge < -0.3 is 5.11 Å². The topological polar surface area (TPSA) is 104 Å². The van der Waals surface area contributed by atoms with E-state index in [0.29, 0.717) is 4.91 Å². The molecule has 1 heterocycles. The minimum Gasteiger partial charge on any atom is -0.508 e. The normalized spacial score (nSPS) is 15.2. The largest absolute Gasteiger partial charge is 0.508 e. The molecule has 0 aromatic heterocycles. The zero-order valence-electron chi connectivity index (χ0n) is 22.4. The molecule has 1 unspecified atom stereocenters. The van der Waals surface area contributed by atoms with E-state index in [1.165, 1.54) is 17.0 Å². The highest BCUT2D eigenvalue weighted by Crippen LogP contribution is 2.35. The molecule has 4 aromatic rings. The number of carbonyl (C=O) groups excluding carboxylic acids is 2. The number of aryl methyl sites for hydroxylation is 1. The standard InChI is InChI=1S/C32H26N2O5S3/c1-21-7-17-27(18-8-21)42(38,39)33-30(36)28(19-22-5-3-2-4-6-22)34-31(37)29(41-32(34)40)20-23-9-11-24(12-10-23)25-13-15-26(35)16-14-25/h2-18,20,28,35H,19H2,1H3,(H,33,36)/b29-20-. The number of phenols is 1. The molecule has 1 aliphatic heterocycles.